The van der Waals surface area contributed by atoms with Crippen LogP contribution in [-0.4, -0.2) is 77.1 Å². The fourth-order valence-corrected chi connectivity index (χ4v) is 3.76. The van der Waals surface area contributed by atoms with Crippen LogP contribution in [0.2, 0.25) is 0 Å². The van der Waals surface area contributed by atoms with Crippen molar-refractivity contribution < 1.29 is 29.4 Å². The molecule has 0 radical (unpaired) electrons. The molecule has 10 nitrogen and oxygen atoms in total. The minimum atomic E-state index is -1.22. The largest absolute Gasteiger partial charge is 0.508 e. The SMILES string of the molecule is CSCCC(NC(=O)C1CCCN1)C(=O)NCC(=O)NC(Cc1ccc(O)cc1)C(=O)O. The van der Waals surface area contributed by atoms with E-state index in [-0.39, 0.29) is 24.1 Å². The highest BCUT2D eigenvalue weighted by Crippen LogP contribution is 2.11. The topological polar surface area (TPSA) is 157 Å². The van der Waals surface area contributed by atoms with Crippen LogP contribution >= 0.6 is 11.8 Å². The second kappa shape index (κ2) is 12.9. The number of aromatic hydroxyl groups is 1. The highest BCUT2D eigenvalue weighted by molar-refractivity contribution is 7.98. The quantitative estimate of drug-likeness (QED) is 0.243. The maximum Gasteiger partial charge on any atom is 0.326 e. The van der Waals surface area contributed by atoms with Crippen molar-refractivity contribution in [2.75, 3.05) is 25.1 Å². The highest BCUT2D eigenvalue weighted by atomic mass is 32.2. The molecule has 176 valence electrons. The molecule has 2 rings (SSSR count). The summed E-state index contributed by atoms with van der Waals surface area (Å²) in [6.07, 6.45) is 3.93. The first-order valence-corrected chi connectivity index (χ1v) is 11.8. The van der Waals surface area contributed by atoms with Crippen molar-refractivity contribution in [2.45, 2.75) is 43.8 Å². The van der Waals surface area contributed by atoms with Gasteiger partial charge in [0.1, 0.15) is 17.8 Å². The molecule has 0 spiro atoms. The number of hydrogen-bond donors (Lipinski definition) is 6. The van der Waals surface area contributed by atoms with Gasteiger partial charge in [0.15, 0.2) is 0 Å². The van der Waals surface area contributed by atoms with Crippen molar-refractivity contribution in [3.63, 3.8) is 0 Å². The third-order valence-electron chi connectivity index (χ3n) is 5.05. The second-order valence-corrected chi connectivity index (χ2v) is 8.52. The first-order chi connectivity index (χ1) is 15.3. The summed E-state index contributed by atoms with van der Waals surface area (Å²) < 4.78 is 0. The summed E-state index contributed by atoms with van der Waals surface area (Å²) in [4.78, 5) is 48.7. The van der Waals surface area contributed by atoms with Crippen LogP contribution in [0.4, 0.5) is 0 Å². The Kier molecular flexibility index (Phi) is 10.3. The summed E-state index contributed by atoms with van der Waals surface area (Å²) in [5, 5.41) is 29.4. The van der Waals surface area contributed by atoms with Crippen LogP contribution < -0.4 is 21.3 Å². The molecular formula is C21H30N4O6S. The monoisotopic (exact) mass is 466 g/mol. The summed E-state index contributed by atoms with van der Waals surface area (Å²) >= 11 is 1.54. The molecule has 0 bridgehead atoms. The van der Waals surface area contributed by atoms with Crippen molar-refractivity contribution in [1.82, 2.24) is 21.3 Å². The normalized spacial score (nSPS) is 17.2. The van der Waals surface area contributed by atoms with Crippen LogP contribution in [0.5, 0.6) is 5.75 Å². The lowest BCUT2D eigenvalue weighted by molar-refractivity contribution is -0.141. The number of aliphatic carboxylic acids is 1. The second-order valence-electron chi connectivity index (χ2n) is 7.54. The van der Waals surface area contributed by atoms with E-state index in [1.807, 2.05) is 6.26 Å². The average molecular weight is 467 g/mol. The van der Waals surface area contributed by atoms with Gasteiger partial charge in [-0.1, -0.05) is 12.1 Å². The minimum absolute atomic E-state index is 0.0239. The molecule has 1 saturated heterocycles. The number of carboxylic acid groups (broad SMARTS) is 1. The Hall–Kier alpha value is -2.79. The molecule has 11 heteroatoms. The van der Waals surface area contributed by atoms with Crippen molar-refractivity contribution >= 4 is 35.5 Å². The van der Waals surface area contributed by atoms with Crippen molar-refractivity contribution in [3.05, 3.63) is 29.8 Å². The summed E-state index contributed by atoms with van der Waals surface area (Å²) in [5.74, 6) is -1.90. The summed E-state index contributed by atoms with van der Waals surface area (Å²) in [5.41, 5.74) is 0.625. The van der Waals surface area contributed by atoms with Gasteiger partial charge < -0.3 is 31.5 Å². The lowest BCUT2D eigenvalue weighted by atomic mass is 10.1. The van der Waals surface area contributed by atoms with Gasteiger partial charge in [-0.15, -0.1) is 0 Å². The van der Waals surface area contributed by atoms with E-state index in [1.54, 1.807) is 12.1 Å². The molecule has 1 fully saturated rings. The number of phenols is 1. The third-order valence-corrected chi connectivity index (χ3v) is 5.70. The van der Waals surface area contributed by atoms with E-state index < -0.39 is 36.4 Å². The van der Waals surface area contributed by atoms with Crippen LogP contribution in [0.15, 0.2) is 24.3 Å². The van der Waals surface area contributed by atoms with Gasteiger partial charge in [0.05, 0.1) is 12.6 Å². The zero-order chi connectivity index (χ0) is 23.5. The van der Waals surface area contributed by atoms with Gasteiger partial charge >= 0.3 is 5.97 Å². The summed E-state index contributed by atoms with van der Waals surface area (Å²) in [7, 11) is 0. The molecule has 1 aliphatic rings. The van der Waals surface area contributed by atoms with Gasteiger partial charge in [-0.05, 0) is 55.5 Å². The molecule has 1 heterocycles. The fourth-order valence-electron chi connectivity index (χ4n) is 3.29. The lowest BCUT2D eigenvalue weighted by Gasteiger charge is -2.21. The van der Waals surface area contributed by atoms with Crippen molar-refractivity contribution in [1.29, 1.82) is 0 Å². The Morgan fingerprint density at radius 1 is 1.16 bits per heavy atom. The Balaban J connectivity index is 1.87. The zero-order valence-corrected chi connectivity index (χ0v) is 18.7. The van der Waals surface area contributed by atoms with Crippen molar-refractivity contribution in [3.8, 4) is 5.75 Å². The molecule has 3 atom stereocenters. The number of rotatable bonds is 12. The Morgan fingerprint density at radius 3 is 2.47 bits per heavy atom. The molecule has 3 unspecified atom stereocenters. The number of carbonyl (C=O) groups is 4. The van der Waals surface area contributed by atoms with Gasteiger partial charge in [-0.25, -0.2) is 4.79 Å². The van der Waals surface area contributed by atoms with E-state index in [9.17, 15) is 29.4 Å². The molecule has 1 aliphatic heterocycles. The number of benzene rings is 1. The molecule has 6 N–H and O–H groups in total. The number of carboxylic acids is 1. The first kappa shape index (κ1) is 25.5. The van der Waals surface area contributed by atoms with E-state index in [1.165, 1.54) is 23.9 Å². The Bertz CT molecular complexity index is 798. The van der Waals surface area contributed by atoms with E-state index in [0.29, 0.717) is 24.2 Å². The van der Waals surface area contributed by atoms with E-state index in [4.69, 9.17) is 0 Å². The van der Waals surface area contributed by atoms with Crippen molar-refractivity contribution in [2.24, 2.45) is 0 Å². The van der Waals surface area contributed by atoms with Crippen LogP contribution in [0.25, 0.3) is 0 Å². The van der Waals surface area contributed by atoms with E-state index >= 15 is 0 Å². The third kappa shape index (κ3) is 8.39. The van der Waals surface area contributed by atoms with Gasteiger partial charge in [0, 0.05) is 6.42 Å². The van der Waals surface area contributed by atoms with Gasteiger partial charge in [-0.3, -0.25) is 14.4 Å². The lowest BCUT2D eigenvalue weighted by Crippen LogP contribution is -2.53. The molecule has 0 aliphatic carbocycles. The average Bonchev–Trinajstić information content (AvgIpc) is 3.31. The highest BCUT2D eigenvalue weighted by Gasteiger charge is 2.27. The van der Waals surface area contributed by atoms with E-state index in [0.717, 1.165) is 13.0 Å². The van der Waals surface area contributed by atoms with Crippen LogP contribution in [-0.2, 0) is 25.6 Å². The predicted molar refractivity (Wildman–Crippen MR) is 120 cm³/mol. The molecule has 3 amide bonds. The van der Waals surface area contributed by atoms with E-state index in [2.05, 4.69) is 21.3 Å². The molecule has 32 heavy (non-hydrogen) atoms. The van der Waals surface area contributed by atoms with Crippen LogP contribution in [0.1, 0.15) is 24.8 Å². The van der Waals surface area contributed by atoms with Crippen LogP contribution in [0.3, 0.4) is 0 Å². The maximum absolute atomic E-state index is 12.6. The first-order valence-electron chi connectivity index (χ1n) is 10.4. The fraction of sp³-hybridized carbons (Fsp3) is 0.524. The number of amides is 3. The van der Waals surface area contributed by atoms with Gasteiger partial charge in [0.2, 0.25) is 17.7 Å². The molecule has 1 aromatic carbocycles. The predicted octanol–water partition coefficient (Wildman–Crippen LogP) is -0.390. The smallest absolute Gasteiger partial charge is 0.326 e. The molecule has 0 saturated carbocycles. The summed E-state index contributed by atoms with van der Waals surface area (Å²) in [6, 6.07) is 3.70. The Morgan fingerprint density at radius 2 is 1.88 bits per heavy atom. The minimum Gasteiger partial charge on any atom is -0.508 e. The van der Waals surface area contributed by atoms with Gasteiger partial charge in [0.25, 0.3) is 0 Å². The molecule has 0 aromatic heterocycles. The number of hydrogen-bond acceptors (Lipinski definition) is 7. The maximum atomic E-state index is 12.6. The zero-order valence-electron chi connectivity index (χ0n) is 17.9. The number of nitrogens with one attached hydrogen (secondary N) is 4. The Labute approximate surface area is 190 Å². The van der Waals surface area contributed by atoms with Crippen LogP contribution in [0, 0.1) is 0 Å². The molecule has 1 aromatic rings. The standard InChI is InChI=1S/C21H30N4O6S/c1-32-10-8-16(25-20(29)15-3-2-9-22-15)19(28)23-12-18(27)24-17(21(30)31)11-13-4-6-14(26)7-5-13/h4-7,15-17,22,26H,2-3,8-12H2,1H3,(H,23,28)(H,24,27)(H,25,29)(H,30,31). The summed E-state index contributed by atoms with van der Waals surface area (Å²) in [6.45, 7) is 0.348. The number of thioether (sulfide) groups is 1. The van der Waals surface area contributed by atoms with Gasteiger partial charge in [-0.2, -0.15) is 11.8 Å². The number of carbonyl (C=O) groups excluding carboxylic acids is 3. The molecular weight excluding hydrogens is 436 g/mol. The number of phenolic OH excluding ortho intramolecular Hbond substituents is 1.